The van der Waals surface area contributed by atoms with E-state index in [0.717, 1.165) is 21.4 Å². The van der Waals surface area contributed by atoms with E-state index in [2.05, 4.69) is 20.9 Å². The molecule has 2 aromatic carbocycles. The molecule has 1 aliphatic rings. The molecule has 0 bridgehead atoms. The second kappa shape index (κ2) is 8.72. The molecular weight excluding hydrogens is 483 g/mol. The summed E-state index contributed by atoms with van der Waals surface area (Å²) in [6.45, 7) is 3.66. The van der Waals surface area contributed by atoms with Crippen molar-refractivity contribution in [1.29, 1.82) is 0 Å². The number of fused-ring (bicyclic) bond motifs is 1. The predicted octanol–water partition coefficient (Wildman–Crippen LogP) is 3.70. The van der Waals surface area contributed by atoms with Crippen LogP contribution in [0.5, 0.6) is 0 Å². The highest BCUT2D eigenvalue weighted by molar-refractivity contribution is 9.10. The maximum atomic E-state index is 14.2. The van der Waals surface area contributed by atoms with Crippen molar-refractivity contribution in [2.75, 3.05) is 6.61 Å². The molecule has 4 rings (SSSR count). The molecule has 1 unspecified atom stereocenters. The van der Waals surface area contributed by atoms with Gasteiger partial charge in [0.05, 0.1) is 28.5 Å². The van der Waals surface area contributed by atoms with Crippen LogP contribution in [-0.4, -0.2) is 17.1 Å². The zero-order chi connectivity index (χ0) is 22.1. The summed E-state index contributed by atoms with van der Waals surface area (Å²) in [5.74, 6) is -0.933. The van der Waals surface area contributed by atoms with Crippen LogP contribution in [0, 0.1) is 5.82 Å². The number of nitrogens with zero attached hydrogens (tertiary/aromatic N) is 2. The van der Waals surface area contributed by atoms with Crippen LogP contribution in [0.2, 0.25) is 0 Å². The van der Waals surface area contributed by atoms with Gasteiger partial charge in [-0.3, -0.25) is 9.36 Å². The molecule has 8 heteroatoms. The van der Waals surface area contributed by atoms with Crippen molar-refractivity contribution in [3.05, 3.63) is 101 Å². The second-order valence-electron chi connectivity index (χ2n) is 6.88. The van der Waals surface area contributed by atoms with E-state index in [1.807, 2.05) is 24.3 Å². The van der Waals surface area contributed by atoms with Crippen molar-refractivity contribution in [3.8, 4) is 0 Å². The number of hydrogen-bond donors (Lipinski definition) is 0. The van der Waals surface area contributed by atoms with Crippen LogP contribution in [0.4, 0.5) is 4.39 Å². The Hall–Kier alpha value is -2.84. The molecule has 0 saturated carbocycles. The third-order valence-electron chi connectivity index (χ3n) is 4.87. The molecule has 1 atom stereocenters. The average molecular weight is 501 g/mol. The Balaban J connectivity index is 1.99. The molecule has 3 aromatic rings. The van der Waals surface area contributed by atoms with Crippen LogP contribution in [0.1, 0.15) is 31.0 Å². The number of aromatic nitrogens is 1. The van der Waals surface area contributed by atoms with Gasteiger partial charge >= 0.3 is 5.97 Å². The Morgan fingerprint density at radius 2 is 2.06 bits per heavy atom. The molecular formula is C23H18BrFN2O3S. The summed E-state index contributed by atoms with van der Waals surface area (Å²) in [6.07, 6.45) is 1.51. The summed E-state index contributed by atoms with van der Waals surface area (Å²) >= 11 is 4.62. The van der Waals surface area contributed by atoms with Crippen molar-refractivity contribution in [1.82, 2.24) is 4.57 Å². The topological polar surface area (TPSA) is 60.7 Å². The smallest absolute Gasteiger partial charge is 0.338 e. The molecule has 31 heavy (non-hydrogen) atoms. The molecule has 0 aliphatic carbocycles. The number of hydrogen-bond acceptors (Lipinski definition) is 5. The van der Waals surface area contributed by atoms with Crippen molar-refractivity contribution in [2.45, 2.75) is 19.9 Å². The van der Waals surface area contributed by atoms with Gasteiger partial charge in [0.25, 0.3) is 5.56 Å². The van der Waals surface area contributed by atoms with E-state index in [0.29, 0.717) is 26.2 Å². The minimum atomic E-state index is -0.699. The third kappa shape index (κ3) is 4.05. The molecule has 0 N–H and O–H groups in total. The highest BCUT2D eigenvalue weighted by Crippen LogP contribution is 2.31. The van der Waals surface area contributed by atoms with Crippen LogP contribution in [0.15, 0.2) is 74.1 Å². The SMILES string of the molecule is CCOC(=O)C1=C(C)N=c2sc(=Cc3ccccc3F)c(=O)n2C1c1cccc(Br)c1. The number of carbonyl (C=O) groups is 1. The van der Waals surface area contributed by atoms with Crippen molar-refractivity contribution in [3.63, 3.8) is 0 Å². The molecule has 0 spiro atoms. The molecule has 0 radical (unpaired) electrons. The molecule has 0 amide bonds. The Kier molecular flexibility index (Phi) is 6.02. The number of ether oxygens (including phenoxy) is 1. The Labute approximate surface area is 190 Å². The summed E-state index contributed by atoms with van der Waals surface area (Å²) in [4.78, 5) is 31.2. The van der Waals surface area contributed by atoms with Gasteiger partial charge in [-0.1, -0.05) is 57.6 Å². The maximum Gasteiger partial charge on any atom is 0.338 e. The molecule has 2 heterocycles. The lowest BCUT2D eigenvalue weighted by Gasteiger charge is -2.24. The fourth-order valence-electron chi connectivity index (χ4n) is 3.52. The van der Waals surface area contributed by atoms with E-state index in [4.69, 9.17) is 4.74 Å². The van der Waals surface area contributed by atoms with Gasteiger partial charge < -0.3 is 4.74 Å². The average Bonchev–Trinajstić information content (AvgIpc) is 3.03. The quantitative estimate of drug-likeness (QED) is 0.513. The van der Waals surface area contributed by atoms with E-state index in [9.17, 15) is 14.0 Å². The molecule has 1 aliphatic heterocycles. The summed E-state index contributed by atoms with van der Waals surface area (Å²) in [7, 11) is 0. The zero-order valence-electron chi connectivity index (χ0n) is 16.8. The van der Waals surface area contributed by atoms with Crippen LogP contribution in [0.25, 0.3) is 6.08 Å². The normalized spacial score (nSPS) is 16.1. The van der Waals surface area contributed by atoms with Gasteiger partial charge in [-0.15, -0.1) is 0 Å². The highest BCUT2D eigenvalue weighted by Gasteiger charge is 2.33. The second-order valence-corrected chi connectivity index (χ2v) is 8.80. The first-order valence-corrected chi connectivity index (χ1v) is 11.2. The molecule has 158 valence electrons. The largest absolute Gasteiger partial charge is 0.463 e. The van der Waals surface area contributed by atoms with E-state index in [1.54, 1.807) is 32.0 Å². The van der Waals surface area contributed by atoms with Crippen LogP contribution in [0.3, 0.4) is 0 Å². The first-order valence-electron chi connectivity index (χ1n) is 9.60. The van der Waals surface area contributed by atoms with E-state index >= 15 is 0 Å². The van der Waals surface area contributed by atoms with E-state index < -0.39 is 17.8 Å². The predicted molar refractivity (Wildman–Crippen MR) is 121 cm³/mol. The zero-order valence-corrected chi connectivity index (χ0v) is 19.2. The summed E-state index contributed by atoms with van der Waals surface area (Å²) in [5, 5.41) is 0. The number of allylic oxidation sites excluding steroid dienone is 1. The summed E-state index contributed by atoms with van der Waals surface area (Å²) < 4.78 is 22.1. The van der Waals surface area contributed by atoms with Gasteiger partial charge in [-0.05, 0) is 43.7 Å². The maximum absolute atomic E-state index is 14.2. The first kappa shape index (κ1) is 21.4. The number of rotatable bonds is 4. The Morgan fingerprint density at radius 3 is 2.77 bits per heavy atom. The summed E-state index contributed by atoms with van der Waals surface area (Å²) in [6, 6.07) is 13.0. The Morgan fingerprint density at radius 1 is 1.29 bits per heavy atom. The molecule has 5 nitrogen and oxygen atoms in total. The van der Waals surface area contributed by atoms with Gasteiger partial charge in [0.1, 0.15) is 5.82 Å². The minimum absolute atomic E-state index is 0.207. The van der Waals surface area contributed by atoms with Gasteiger partial charge in [0.2, 0.25) is 0 Å². The number of halogens is 2. The van der Waals surface area contributed by atoms with Gasteiger partial charge in [0, 0.05) is 10.0 Å². The van der Waals surface area contributed by atoms with Gasteiger partial charge in [-0.2, -0.15) is 0 Å². The number of benzene rings is 2. The standard InChI is InChI=1S/C23H18BrFN2O3S/c1-3-30-22(29)19-13(2)26-23-27(20(19)15-8-6-9-16(24)11-15)21(28)18(31-23)12-14-7-4-5-10-17(14)25/h4-12,20H,3H2,1-2H3. The van der Waals surface area contributed by atoms with Crippen molar-refractivity contribution < 1.29 is 13.9 Å². The fraction of sp³-hybridized carbons (Fsp3) is 0.174. The van der Waals surface area contributed by atoms with Gasteiger partial charge in [0.15, 0.2) is 4.80 Å². The Bertz CT molecular complexity index is 1390. The molecule has 0 saturated heterocycles. The first-order chi connectivity index (χ1) is 14.9. The van der Waals surface area contributed by atoms with Gasteiger partial charge in [-0.25, -0.2) is 14.2 Å². The third-order valence-corrected chi connectivity index (χ3v) is 6.35. The number of esters is 1. The lowest BCUT2D eigenvalue weighted by Crippen LogP contribution is -2.40. The molecule has 0 fully saturated rings. The van der Waals surface area contributed by atoms with E-state index in [1.165, 1.54) is 16.7 Å². The fourth-order valence-corrected chi connectivity index (χ4v) is 4.97. The minimum Gasteiger partial charge on any atom is -0.463 e. The van der Waals surface area contributed by atoms with Crippen LogP contribution >= 0.6 is 27.3 Å². The van der Waals surface area contributed by atoms with Crippen molar-refractivity contribution >= 4 is 39.3 Å². The lowest BCUT2D eigenvalue weighted by molar-refractivity contribution is -0.139. The monoisotopic (exact) mass is 500 g/mol. The molecule has 1 aromatic heterocycles. The lowest BCUT2D eigenvalue weighted by atomic mass is 9.96. The van der Waals surface area contributed by atoms with Crippen molar-refractivity contribution in [2.24, 2.45) is 4.99 Å². The summed E-state index contributed by atoms with van der Waals surface area (Å²) in [5.41, 5.74) is 1.51. The number of carbonyl (C=O) groups excluding carboxylic acids is 1. The number of thiazole rings is 1. The highest BCUT2D eigenvalue weighted by atomic mass is 79.9. The van der Waals surface area contributed by atoms with Crippen LogP contribution in [-0.2, 0) is 9.53 Å². The van der Waals surface area contributed by atoms with Crippen LogP contribution < -0.4 is 14.9 Å². The van der Waals surface area contributed by atoms with E-state index in [-0.39, 0.29) is 12.2 Å².